The molecule has 1 amide bonds. The predicted octanol–water partition coefficient (Wildman–Crippen LogP) is 0.917. The van der Waals surface area contributed by atoms with Gasteiger partial charge in [-0.2, -0.15) is 0 Å². The molecule has 0 unspecified atom stereocenters. The smallest absolute Gasteiger partial charge is 0.241 e. The Labute approximate surface area is 161 Å². The molecule has 0 atom stereocenters. The zero-order chi connectivity index (χ0) is 18.3. The normalized spacial score (nSPS) is 16.4. The van der Waals surface area contributed by atoms with Crippen LogP contribution in [-0.2, 0) is 25.9 Å². The van der Waals surface area contributed by atoms with Crippen molar-refractivity contribution in [3.63, 3.8) is 0 Å². The van der Waals surface area contributed by atoms with Crippen molar-refractivity contribution in [2.24, 2.45) is 0 Å². The number of amides is 1. The molecule has 148 valence electrons. The lowest BCUT2D eigenvalue weighted by atomic mass is 9.95. The maximum atomic E-state index is 12.6. The maximum Gasteiger partial charge on any atom is 0.241 e. The number of carbonyl (C=O) groups excluding carboxylic acids is 1. The molecule has 0 spiro atoms. The summed E-state index contributed by atoms with van der Waals surface area (Å²) in [5.74, 6) is 0.301. The molecule has 2 rings (SSSR count). The van der Waals surface area contributed by atoms with Crippen LogP contribution in [0.3, 0.4) is 0 Å². The molecule has 0 aromatic heterocycles. The Morgan fingerprint density at radius 3 is 2.35 bits per heavy atom. The highest BCUT2D eigenvalue weighted by Crippen LogP contribution is 2.28. The molecule has 0 aliphatic carbocycles. The van der Waals surface area contributed by atoms with Crippen LogP contribution in [0.15, 0.2) is 24.3 Å². The van der Waals surface area contributed by atoms with Crippen LogP contribution in [0.25, 0.3) is 0 Å². The highest BCUT2D eigenvalue weighted by Gasteiger charge is 2.48. The molecule has 1 fully saturated rings. The van der Waals surface area contributed by atoms with E-state index in [0.717, 1.165) is 17.6 Å². The van der Waals surface area contributed by atoms with Gasteiger partial charge in [-0.05, 0) is 43.6 Å². The van der Waals surface area contributed by atoms with E-state index in [1.54, 1.807) is 7.11 Å². The van der Waals surface area contributed by atoms with Gasteiger partial charge in [-0.3, -0.25) is 4.79 Å². The van der Waals surface area contributed by atoms with E-state index in [1.165, 1.54) is 0 Å². The van der Waals surface area contributed by atoms with Gasteiger partial charge < -0.3 is 20.1 Å². The minimum atomic E-state index is -3.49. The first-order valence-corrected chi connectivity index (χ1v) is 10.2. The Bertz CT molecular complexity index is 673. The molecule has 0 saturated carbocycles. The van der Waals surface area contributed by atoms with E-state index in [9.17, 15) is 13.2 Å². The molecule has 1 heterocycles. The summed E-state index contributed by atoms with van der Waals surface area (Å²) in [4.78, 5) is 12.6. The number of benzene rings is 1. The van der Waals surface area contributed by atoms with Gasteiger partial charge in [0.2, 0.25) is 5.91 Å². The average Bonchev–Trinajstić information content (AvgIpc) is 2.60. The summed E-state index contributed by atoms with van der Waals surface area (Å²) in [5.41, 5.74) is 0.880. The van der Waals surface area contributed by atoms with E-state index < -0.39 is 20.5 Å². The molecule has 1 aliphatic heterocycles. The summed E-state index contributed by atoms with van der Waals surface area (Å²) in [6.07, 6.45) is 1.73. The van der Waals surface area contributed by atoms with Gasteiger partial charge in [0.15, 0.2) is 14.6 Å². The Morgan fingerprint density at radius 1 is 1.19 bits per heavy atom. The lowest BCUT2D eigenvalue weighted by molar-refractivity contribution is -0.124. The number of ether oxygens (including phenoxy) is 2. The topological polar surface area (TPSA) is 93.7 Å². The van der Waals surface area contributed by atoms with E-state index in [0.29, 0.717) is 39.1 Å². The molecule has 26 heavy (non-hydrogen) atoms. The molecule has 0 radical (unpaired) electrons. The van der Waals surface area contributed by atoms with Crippen LogP contribution in [0, 0.1) is 0 Å². The quantitative estimate of drug-likeness (QED) is 0.623. The van der Waals surface area contributed by atoms with E-state index >= 15 is 0 Å². The van der Waals surface area contributed by atoms with Crippen LogP contribution in [0.2, 0.25) is 0 Å². The summed E-state index contributed by atoms with van der Waals surface area (Å²) in [6, 6.07) is 7.32. The Hall–Kier alpha value is -1.35. The van der Waals surface area contributed by atoms with E-state index in [-0.39, 0.29) is 19.0 Å². The van der Waals surface area contributed by atoms with Gasteiger partial charge in [0.05, 0.1) is 6.61 Å². The first-order valence-electron chi connectivity index (χ1n) is 8.28. The third-order valence-electron chi connectivity index (χ3n) is 4.47. The van der Waals surface area contributed by atoms with Crippen molar-refractivity contribution >= 4 is 28.2 Å². The predicted molar refractivity (Wildman–Crippen MR) is 103 cm³/mol. The summed E-state index contributed by atoms with van der Waals surface area (Å²) in [5, 5.41) is 5.88. The van der Waals surface area contributed by atoms with Crippen molar-refractivity contribution in [1.29, 1.82) is 0 Å². The lowest BCUT2D eigenvalue weighted by Crippen LogP contribution is -2.57. The summed E-state index contributed by atoms with van der Waals surface area (Å²) in [6.45, 7) is 2.31. The van der Waals surface area contributed by atoms with Crippen LogP contribution in [0.4, 0.5) is 0 Å². The Kier molecular flexibility index (Phi) is 8.82. The van der Waals surface area contributed by atoms with Crippen molar-refractivity contribution in [3.8, 4) is 5.75 Å². The second-order valence-electron chi connectivity index (χ2n) is 6.18. The number of carbonyl (C=O) groups is 1. The summed E-state index contributed by atoms with van der Waals surface area (Å²) < 4.78 is 33.5. The van der Waals surface area contributed by atoms with Crippen molar-refractivity contribution < 1.29 is 22.7 Å². The minimum Gasteiger partial charge on any atom is -0.491 e. The summed E-state index contributed by atoms with van der Waals surface area (Å²) in [7, 11) is -1.88. The van der Waals surface area contributed by atoms with Gasteiger partial charge in [-0.15, -0.1) is 12.4 Å². The lowest BCUT2D eigenvalue weighted by Gasteiger charge is -2.34. The standard InChI is InChI=1S/C17H26N2O5S.ClH/c1-23-11-12-24-15-5-3-14(4-6-15)13-19-16(20)17(25(2,21)22)7-9-18-10-8-17;/h3-6,18H,7-13H2,1-2H3,(H,19,20);1H. The third-order valence-corrected chi connectivity index (χ3v) is 6.48. The zero-order valence-electron chi connectivity index (χ0n) is 15.1. The van der Waals surface area contributed by atoms with Crippen LogP contribution >= 0.6 is 12.4 Å². The van der Waals surface area contributed by atoms with Gasteiger partial charge in [0, 0.05) is 19.9 Å². The van der Waals surface area contributed by atoms with E-state index in [1.807, 2.05) is 24.3 Å². The van der Waals surface area contributed by atoms with Crippen LogP contribution in [0.1, 0.15) is 18.4 Å². The second-order valence-corrected chi connectivity index (χ2v) is 8.51. The van der Waals surface area contributed by atoms with Gasteiger partial charge in [0.25, 0.3) is 0 Å². The number of hydrogen-bond acceptors (Lipinski definition) is 6. The summed E-state index contributed by atoms with van der Waals surface area (Å²) >= 11 is 0. The van der Waals surface area contributed by atoms with Crippen LogP contribution in [-0.4, -0.2) is 58.7 Å². The van der Waals surface area contributed by atoms with Gasteiger partial charge in [-0.25, -0.2) is 8.42 Å². The molecule has 7 nitrogen and oxygen atoms in total. The fraction of sp³-hybridized carbons (Fsp3) is 0.588. The van der Waals surface area contributed by atoms with Crippen LogP contribution < -0.4 is 15.4 Å². The second kappa shape index (κ2) is 10.1. The minimum absolute atomic E-state index is 0. The molecular weight excluding hydrogens is 380 g/mol. The highest BCUT2D eigenvalue weighted by atomic mass is 35.5. The van der Waals surface area contributed by atoms with Gasteiger partial charge >= 0.3 is 0 Å². The van der Waals surface area contributed by atoms with Crippen molar-refractivity contribution in [1.82, 2.24) is 10.6 Å². The number of methoxy groups -OCH3 is 1. The SMILES string of the molecule is COCCOc1ccc(CNC(=O)C2(S(C)(=O)=O)CCNCC2)cc1.Cl. The first kappa shape index (κ1) is 22.7. The number of halogens is 1. The van der Waals surface area contributed by atoms with Gasteiger partial charge in [0.1, 0.15) is 12.4 Å². The first-order chi connectivity index (χ1) is 11.9. The number of nitrogens with one attached hydrogen (secondary N) is 2. The molecule has 1 aliphatic rings. The maximum absolute atomic E-state index is 12.6. The average molecular weight is 407 g/mol. The van der Waals surface area contributed by atoms with Gasteiger partial charge in [-0.1, -0.05) is 12.1 Å². The highest BCUT2D eigenvalue weighted by molar-refractivity contribution is 7.92. The molecule has 9 heteroatoms. The zero-order valence-corrected chi connectivity index (χ0v) is 16.7. The Balaban J connectivity index is 0.00000338. The molecule has 2 N–H and O–H groups in total. The van der Waals surface area contributed by atoms with E-state index in [2.05, 4.69) is 10.6 Å². The van der Waals surface area contributed by atoms with Crippen molar-refractivity contribution in [2.75, 3.05) is 39.7 Å². The molecule has 1 saturated heterocycles. The van der Waals surface area contributed by atoms with Crippen LogP contribution in [0.5, 0.6) is 5.75 Å². The number of hydrogen-bond donors (Lipinski definition) is 2. The Morgan fingerprint density at radius 2 is 1.81 bits per heavy atom. The fourth-order valence-electron chi connectivity index (χ4n) is 2.89. The van der Waals surface area contributed by atoms with E-state index in [4.69, 9.17) is 9.47 Å². The number of sulfone groups is 1. The van der Waals surface area contributed by atoms with Crippen molar-refractivity contribution in [2.45, 2.75) is 24.1 Å². The largest absolute Gasteiger partial charge is 0.491 e. The molecule has 1 aromatic rings. The number of rotatable bonds is 8. The third kappa shape index (κ3) is 5.57. The fourth-order valence-corrected chi connectivity index (χ4v) is 4.24. The molecule has 1 aromatic carbocycles. The number of piperidine rings is 1. The molecule has 0 bridgehead atoms. The molecular formula is C17H27ClN2O5S. The monoisotopic (exact) mass is 406 g/mol. The van der Waals surface area contributed by atoms with Crippen molar-refractivity contribution in [3.05, 3.63) is 29.8 Å².